The van der Waals surface area contributed by atoms with Crippen LogP contribution >= 0.6 is 31.9 Å². The summed E-state index contributed by atoms with van der Waals surface area (Å²) in [6.07, 6.45) is 0. The molecule has 0 aliphatic carbocycles. The van der Waals surface area contributed by atoms with Crippen molar-refractivity contribution in [2.75, 3.05) is 5.32 Å². The van der Waals surface area contributed by atoms with Gasteiger partial charge in [-0.05, 0) is 30.7 Å². The SMILES string of the molecule is CC(Nc1cc(F)cc([N+](=O)[O-])c1)c1ccc(Br)cc1Br. The lowest BCUT2D eigenvalue weighted by atomic mass is 10.1. The summed E-state index contributed by atoms with van der Waals surface area (Å²) in [6, 6.07) is 9.01. The molecule has 0 saturated carbocycles. The molecule has 0 bridgehead atoms. The van der Waals surface area contributed by atoms with E-state index < -0.39 is 10.7 Å². The fourth-order valence-corrected chi connectivity index (χ4v) is 3.33. The first-order valence-electron chi connectivity index (χ1n) is 6.03. The van der Waals surface area contributed by atoms with E-state index in [9.17, 15) is 14.5 Å². The van der Waals surface area contributed by atoms with Crippen molar-refractivity contribution in [3.63, 3.8) is 0 Å². The van der Waals surface area contributed by atoms with Crippen LogP contribution in [0.5, 0.6) is 0 Å². The van der Waals surface area contributed by atoms with Gasteiger partial charge in [0, 0.05) is 26.7 Å². The van der Waals surface area contributed by atoms with Crippen LogP contribution < -0.4 is 5.32 Å². The number of nitrogens with zero attached hydrogens (tertiary/aromatic N) is 1. The second-order valence-electron chi connectivity index (χ2n) is 4.49. The van der Waals surface area contributed by atoms with E-state index in [-0.39, 0.29) is 11.7 Å². The highest BCUT2D eigenvalue weighted by Gasteiger charge is 2.13. The van der Waals surface area contributed by atoms with Gasteiger partial charge in [-0.15, -0.1) is 0 Å². The molecule has 0 spiro atoms. The summed E-state index contributed by atoms with van der Waals surface area (Å²) in [5.41, 5.74) is 1.05. The highest BCUT2D eigenvalue weighted by Crippen LogP contribution is 2.30. The third-order valence-corrected chi connectivity index (χ3v) is 4.09. The van der Waals surface area contributed by atoms with Crippen molar-refractivity contribution in [3.05, 3.63) is 66.8 Å². The van der Waals surface area contributed by atoms with Gasteiger partial charge in [0.1, 0.15) is 5.82 Å². The minimum absolute atomic E-state index is 0.145. The van der Waals surface area contributed by atoms with Crippen LogP contribution in [0.25, 0.3) is 0 Å². The largest absolute Gasteiger partial charge is 0.378 e. The number of nitro benzene ring substituents is 1. The van der Waals surface area contributed by atoms with Crippen LogP contribution in [0.4, 0.5) is 15.8 Å². The van der Waals surface area contributed by atoms with E-state index in [2.05, 4.69) is 37.2 Å². The van der Waals surface area contributed by atoms with Crippen molar-refractivity contribution in [1.29, 1.82) is 0 Å². The van der Waals surface area contributed by atoms with E-state index in [1.54, 1.807) is 0 Å². The first kappa shape index (κ1) is 15.9. The Balaban J connectivity index is 2.27. The van der Waals surface area contributed by atoms with Gasteiger partial charge in [0.25, 0.3) is 5.69 Å². The van der Waals surface area contributed by atoms with E-state index in [0.717, 1.165) is 20.6 Å². The van der Waals surface area contributed by atoms with Crippen molar-refractivity contribution in [1.82, 2.24) is 0 Å². The molecule has 0 amide bonds. The number of nitrogens with one attached hydrogen (secondary N) is 1. The van der Waals surface area contributed by atoms with Gasteiger partial charge < -0.3 is 5.32 Å². The Morgan fingerprint density at radius 2 is 1.95 bits per heavy atom. The molecule has 21 heavy (non-hydrogen) atoms. The Bertz CT molecular complexity index is 695. The summed E-state index contributed by atoms with van der Waals surface area (Å²) in [7, 11) is 0. The fourth-order valence-electron chi connectivity index (χ4n) is 1.94. The van der Waals surface area contributed by atoms with Crippen molar-refractivity contribution < 1.29 is 9.31 Å². The normalized spacial score (nSPS) is 12.0. The molecule has 0 heterocycles. The molecule has 2 aromatic rings. The number of anilines is 1. The molecule has 0 fully saturated rings. The minimum Gasteiger partial charge on any atom is -0.378 e. The average molecular weight is 418 g/mol. The number of halogens is 3. The summed E-state index contributed by atoms with van der Waals surface area (Å²) >= 11 is 6.83. The molecule has 0 aromatic heterocycles. The van der Waals surface area contributed by atoms with Crippen LogP contribution in [0, 0.1) is 15.9 Å². The van der Waals surface area contributed by atoms with Gasteiger partial charge in [-0.1, -0.05) is 37.9 Å². The van der Waals surface area contributed by atoms with E-state index >= 15 is 0 Å². The third-order valence-electron chi connectivity index (χ3n) is 2.91. The summed E-state index contributed by atoms with van der Waals surface area (Å²) in [4.78, 5) is 10.1. The Hall–Kier alpha value is -1.47. The summed E-state index contributed by atoms with van der Waals surface area (Å²) in [5.74, 6) is -0.645. The molecule has 7 heteroatoms. The van der Waals surface area contributed by atoms with Crippen molar-refractivity contribution in [2.45, 2.75) is 13.0 Å². The number of hydrogen-bond donors (Lipinski definition) is 1. The standard InChI is InChI=1S/C14H11Br2FN2O2/c1-8(13-3-2-9(15)4-14(13)16)18-11-5-10(17)6-12(7-11)19(20)21/h2-8,18H,1H3. The maximum absolute atomic E-state index is 13.4. The van der Waals surface area contributed by atoms with Crippen LogP contribution in [0.1, 0.15) is 18.5 Å². The van der Waals surface area contributed by atoms with Gasteiger partial charge in [0.15, 0.2) is 0 Å². The van der Waals surface area contributed by atoms with Crippen LogP contribution in [0.15, 0.2) is 45.3 Å². The first-order chi connectivity index (χ1) is 9.86. The maximum Gasteiger partial charge on any atom is 0.274 e. The lowest BCUT2D eigenvalue weighted by Gasteiger charge is -2.17. The number of non-ortho nitro benzene ring substituents is 1. The van der Waals surface area contributed by atoms with Crippen molar-refractivity contribution in [3.8, 4) is 0 Å². The number of nitro groups is 1. The Kier molecular flexibility index (Phi) is 4.95. The molecule has 1 unspecified atom stereocenters. The molecular weight excluding hydrogens is 407 g/mol. The Morgan fingerprint density at radius 3 is 2.57 bits per heavy atom. The highest BCUT2D eigenvalue weighted by atomic mass is 79.9. The smallest absolute Gasteiger partial charge is 0.274 e. The van der Waals surface area contributed by atoms with Gasteiger partial charge in [0.05, 0.1) is 11.0 Å². The zero-order valence-corrected chi connectivity index (χ0v) is 14.1. The van der Waals surface area contributed by atoms with Gasteiger partial charge in [-0.2, -0.15) is 0 Å². The second kappa shape index (κ2) is 6.53. The number of benzene rings is 2. The predicted molar refractivity (Wildman–Crippen MR) is 86.9 cm³/mol. The lowest BCUT2D eigenvalue weighted by molar-refractivity contribution is -0.385. The average Bonchev–Trinajstić information content (AvgIpc) is 2.37. The van der Waals surface area contributed by atoms with Gasteiger partial charge in [0.2, 0.25) is 0 Å². The third kappa shape index (κ3) is 4.01. The maximum atomic E-state index is 13.4. The van der Waals surface area contributed by atoms with Crippen LogP contribution in [0.3, 0.4) is 0 Å². The summed E-state index contributed by atoms with van der Waals surface area (Å²) in [5, 5.41) is 13.8. The van der Waals surface area contributed by atoms with E-state index in [0.29, 0.717) is 5.69 Å². The van der Waals surface area contributed by atoms with Crippen molar-refractivity contribution >= 4 is 43.2 Å². The molecule has 0 radical (unpaired) electrons. The molecule has 1 atom stereocenters. The zero-order chi connectivity index (χ0) is 15.6. The molecular formula is C14H11Br2FN2O2. The fraction of sp³-hybridized carbons (Fsp3) is 0.143. The molecule has 0 aliphatic heterocycles. The molecule has 0 saturated heterocycles. The van der Waals surface area contributed by atoms with Gasteiger partial charge in [-0.3, -0.25) is 10.1 Å². The predicted octanol–water partition coefficient (Wildman–Crippen LogP) is 5.43. The van der Waals surface area contributed by atoms with E-state index in [1.165, 1.54) is 12.1 Å². The topological polar surface area (TPSA) is 55.2 Å². The highest BCUT2D eigenvalue weighted by molar-refractivity contribution is 9.11. The molecule has 2 aromatic carbocycles. The van der Waals surface area contributed by atoms with Gasteiger partial charge in [-0.25, -0.2) is 4.39 Å². The van der Waals surface area contributed by atoms with E-state index in [4.69, 9.17) is 0 Å². The molecule has 2 rings (SSSR count). The Labute approximate surface area is 137 Å². The number of rotatable bonds is 4. The molecule has 110 valence electrons. The second-order valence-corrected chi connectivity index (χ2v) is 6.26. The lowest BCUT2D eigenvalue weighted by Crippen LogP contribution is -2.08. The number of hydrogen-bond acceptors (Lipinski definition) is 3. The minimum atomic E-state index is -0.645. The van der Waals surface area contributed by atoms with E-state index in [1.807, 2.05) is 25.1 Å². The van der Waals surface area contributed by atoms with Crippen LogP contribution in [0.2, 0.25) is 0 Å². The molecule has 1 N–H and O–H groups in total. The quantitative estimate of drug-likeness (QED) is 0.532. The molecule has 0 aliphatic rings. The monoisotopic (exact) mass is 416 g/mol. The van der Waals surface area contributed by atoms with Crippen LogP contribution in [-0.4, -0.2) is 4.92 Å². The summed E-state index contributed by atoms with van der Waals surface area (Å²) in [6.45, 7) is 1.89. The molecule has 4 nitrogen and oxygen atoms in total. The first-order valence-corrected chi connectivity index (χ1v) is 7.62. The zero-order valence-electron chi connectivity index (χ0n) is 10.9. The summed E-state index contributed by atoms with van der Waals surface area (Å²) < 4.78 is 15.2. The van der Waals surface area contributed by atoms with Crippen LogP contribution in [-0.2, 0) is 0 Å². The Morgan fingerprint density at radius 1 is 1.24 bits per heavy atom. The van der Waals surface area contributed by atoms with Crippen molar-refractivity contribution in [2.24, 2.45) is 0 Å². The van der Waals surface area contributed by atoms with Gasteiger partial charge >= 0.3 is 0 Å².